The van der Waals surface area contributed by atoms with E-state index in [2.05, 4.69) is 10.3 Å². The molecule has 23 heavy (non-hydrogen) atoms. The van der Waals surface area contributed by atoms with Crippen molar-refractivity contribution in [2.75, 3.05) is 24.7 Å². The summed E-state index contributed by atoms with van der Waals surface area (Å²) in [5.74, 6) is -0.0296. The summed E-state index contributed by atoms with van der Waals surface area (Å²) >= 11 is 0. The predicted octanol–water partition coefficient (Wildman–Crippen LogP) is 1.84. The van der Waals surface area contributed by atoms with Crippen LogP contribution in [0.5, 0.6) is 0 Å². The maximum absolute atomic E-state index is 12.4. The number of benzene rings is 1. The summed E-state index contributed by atoms with van der Waals surface area (Å²) in [4.78, 5) is 16.8. The number of anilines is 1. The zero-order valence-corrected chi connectivity index (χ0v) is 13.7. The van der Waals surface area contributed by atoms with Crippen LogP contribution in [0.2, 0.25) is 0 Å². The van der Waals surface area contributed by atoms with Crippen LogP contribution in [0.4, 0.5) is 5.82 Å². The van der Waals surface area contributed by atoms with E-state index in [0.29, 0.717) is 25.2 Å². The molecule has 0 radical (unpaired) electrons. The highest BCUT2D eigenvalue weighted by atomic mass is 32.2. The van der Waals surface area contributed by atoms with Crippen LogP contribution >= 0.6 is 0 Å². The number of amides is 1. The van der Waals surface area contributed by atoms with Gasteiger partial charge in [-0.15, -0.1) is 0 Å². The van der Waals surface area contributed by atoms with Gasteiger partial charge in [-0.05, 0) is 31.0 Å². The number of sulfonamides is 1. The fourth-order valence-corrected chi connectivity index (χ4v) is 3.73. The fraction of sp³-hybridized carbons (Fsp3) is 0.375. The van der Waals surface area contributed by atoms with E-state index in [9.17, 15) is 13.2 Å². The van der Waals surface area contributed by atoms with Crippen LogP contribution in [-0.4, -0.2) is 43.0 Å². The van der Waals surface area contributed by atoms with E-state index in [1.807, 2.05) is 30.3 Å². The van der Waals surface area contributed by atoms with Gasteiger partial charge in [0.2, 0.25) is 15.9 Å². The van der Waals surface area contributed by atoms with Crippen molar-refractivity contribution in [3.8, 4) is 0 Å². The van der Waals surface area contributed by atoms with Crippen LogP contribution in [0.3, 0.4) is 0 Å². The molecule has 1 fully saturated rings. The second-order valence-electron chi connectivity index (χ2n) is 5.84. The molecule has 1 aromatic heterocycles. The van der Waals surface area contributed by atoms with Crippen molar-refractivity contribution >= 4 is 32.7 Å². The van der Waals surface area contributed by atoms with Gasteiger partial charge in [0.05, 0.1) is 17.7 Å². The van der Waals surface area contributed by atoms with Gasteiger partial charge in [0, 0.05) is 18.5 Å². The maximum Gasteiger partial charge on any atom is 0.229 e. The first-order valence-corrected chi connectivity index (χ1v) is 9.40. The Kier molecular flexibility index (Phi) is 4.32. The molecule has 7 heteroatoms. The van der Waals surface area contributed by atoms with Crippen molar-refractivity contribution in [2.24, 2.45) is 5.92 Å². The van der Waals surface area contributed by atoms with Gasteiger partial charge in [0.1, 0.15) is 5.82 Å². The van der Waals surface area contributed by atoms with E-state index in [0.717, 1.165) is 10.9 Å². The molecule has 6 nitrogen and oxygen atoms in total. The van der Waals surface area contributed by atoms with Gasteiger partial charge in [-0.3, -0.25) is 4.79 Å². The summed E-state index contributed by atoms with van der Waals surface area (Å²) in [5, 5.41) is 3.81. The number of piperidine rings is 1. The smallest absolute Gasteiger partial charge is 0.229 e. The molecule has 0 unspecified atom stereocenters. The minimum absolute atomic E-state index is 0.180. The zero-order valence-electron chi connectivity index (χ0n) is 12.9. The highest BCUT2D eigenvalue weighted by molar-refractivity contribution is 7.88. The van der Waals surface area contributed by atoms with E-state index in [1.54, 1.807) is 6.07 Å². The van der Waals surface area contributed by atoms with E-state index >= 15 is 0 Å². The first-order chi connectivity index (χ1) is 10.9. The summed E-state index contributed by atoms with van der Waals surface area (Å²) in [6.07, 6.45) is 2.56. The van der Waals surface area contributed by atoms with Crippen LogP contribution in [0.25, 0.3) is 10.9 Å². The summed E-state index contributed by atoms with van der Waals surface area (Å²) in [7, 11) is -3.26. The number of nitrogens with zero attached hydrogens (tertiary/aromatic N) is 2. The molecule has 3 rings (SSSR count). The molecule has 1 aliphatic heterocycles. The van der Waals surface area contributed by atoms with E-state index < -0.39 is 10.0 Å². The van der Waals surface area contributed by atoms with Gasteiger partial charge in [-0.25, -0.2) is 17.7 Å². The Morgan fingerprint density at radius 3 is 2.83 bits per heavy atom. The Hall–Kier alpha value is -1.99. The zero-order chi connectivity index (χ0) is 16.4. The molecule has 2 heterocycles. The lowest BCUT2D eigenvalue weighted by Gasteiger charge is -2.29. The quantitative estimate of drug-likeness (QED) is 0.929. The Morgan fingerprint density at radius 1 is 1.26 bits per heavy atom. The molecule has 1 atom stereocenters. The monoisotopic (exact) mass is 333 g/mol. The Balaban J connectivity index is 1.72. The molecule has 2 aromatic rings. The molecule has 1 aromatic carbocycles. The molecule has 0 aliphatic carbocycles. The average Bonchev–Trinajstić information content (AvgIpc) is 2.54. The second kappa shape index (κ2) is 6.25. The SMILES string of the molecule is CS(=O)(=O)N1CCC[C@@H](C(=O)Nc2ccc3ccccc3n2)C1. The van der Waals surface area contributed by atoms with E-state index in [4.69, 9.17) is 0 Å². The summed E-state index contributed by atoms with van der Waals surface area (Å²) < 4.78 is 24.7. The van der Waals surface area contributed by atoms with Crippen LogP contribution < -0.4 is 5.32 Å². The fourth-order valence-electron chi connectivity index (χ4n) is 2.82. The first kappa shape index (κ1) is 15.9. The second-order valence-corrected chi connectivity index (χ2v) is 7.82. The Bertz CT molecular complexity index is 835. The molecule has 122 valence electrons. The van der Waals surface area contributed by atoms with Crippen molar-refractivity contribution < 1.29 is 13.2 Å². The van der Waals surface area contributed by atoms with Crippen LogP contribution in [0, 0.1) is 5.92 Å². The van der Waals surface area contributed by atoms with Gasteiger partial charge in [-0.1, -0.05) is 18.2 Å². The molecule has 0 bridgehead atoms. The number of aromatic nitrogens is 1. The Labute approximate surface area is 135 Å². The van der Waals surface area contributed by atoms with Gasteiger partial charge in [0.15, 0.2) is 0 Å². The molecule has 0 saturated carbocycles. The predicted molar refractivity (Wildman–Crippen MR) is 89.5 cm³/mol. The highest BCUT2D eigenvalue weighted by Gasteiger charge is 2.30. The van der Waals surface area contributed by atoms with E-state index in [1.165, 1.54) is 10.6 Å². The minimum Gasteiger partial charge on any atom is -0.310 e. The molecular formula is C16H19N3O3S. The van der Waals surface area contributed by atoms with Crippen molar-refractivity contribution in [2.45, 2.75) is 12.8 Å². The third-order valence-electron chi connectivity index (χ3n) is 4.07. The third-order valence-corrected chi connectivity index (χ3v) is 5.34. The Morgan fingerprint density at radius 2 is 2.04 bits per heavy atom. The first-order valence-electron chi connectivity index (χ1n) is 7.55. The molecule has 1 N–H and O–H groups in total. The largest absolute Gasteiger partial charge is 0.310 e. The molecule has 0 spiro atoms. The lowest BCUT2D eigenvalue weighted by atomic mass is 9.99. The number of pyridine rings is 1. The minimum atomic E-state index is -3.26. The van der Waals surface area contributed by atoms with Crippen LogP contribution in [0.1, 0.15) is 12.8 Å². The summed E-state index contributed by atoms with van der Waals surface area (Å²) in [6, 6.07) is 11.3. The maximum atomic E-state index is 12.4. The van der Waals surface area contributed by atoms with Gasteiger partial charge >= 0.3 is 0 Å². The number of hydrogen-bond acceptors (Lipinski definition) is 4. The standard InChI is InChI=1S/C16H19N3O3S/c1-23(21,22)19-10-4-6-13(11-19)16(20)18-15-9-8-12-5-2-3-7-14(12)17-15/h2-3,5,7-9,13H,4,6,10-11H2,1H3,(H,17,18,20)/t13-/m1/s1. The number of carbonyl (C=O) groups excluding carboxylic acids is 1. The van der Waals surface area contributed by atoms with Gasteiger partial charge in [-0.2, -0.15) is 0 Å². The van der Waals surface area contributed by atoms with Crippen LogP contribution in [-0.2, 0) is 14.8 Å². The molecule has 1 saturated heterocycles. The lowest BCUT2D eigenvalue weighted by molar-refractivity contribution is -0.120. The topological polar surface area (TPSA) is 79.4 Å². The van der Waals surface area contributed by atoms with Gasteiger partial charge < -0.3 is 5.32 Å². The van der Waals surface area contributed by atoms with Crippen molar-refractivity contribution in [3.05, 3.63) is 36.4 Å². The van der Waals surface area contributed by atoms with Crippen molar-refractivity contribution in [3.63, 3.8) is 0 Å². The summed E-state index contributed by atoms with van der Waals surface area (Å²) in [5.41, 5.74) is 0.812. The molecular weight excluding hydrogens is 314 g/mol. The van der Waals surface area contributed by atoms with Gasteiger partial charge in [0.25, 0.3) is 0 Å². The summed E-state index contributed by atoms with van der Waals surface area (Å²) in [6.45, 7) is 0.717. The lowest BCUT2D eigenvalue weighted by Crippen LogP contribution is -2.43. The number of carbonyl (C=O) groups is 1. The number of rotatable bonds is 3. The normalized spacial score (nSPS) is 19.6. The molecule has 1 aliphatic rings. The number of para-hydroxylation sites is 1. The average molecular weight is 333 g/mol. The highest BCUT2D eigenvalue weighted by Crippen LogP contribution is 2.21. The third kappa shape index (κ3) is 3.68. The number of hydrogen-bond donors (Lipinski definition) is 1. The van der Waals surface area contributed by atoms with Crippen molar-refractivity contribution in [1.29, 1.82) is 0 Å². The number of nitrogens with one attached hydrogen (secondary N) is 1. The number of fused-ring (bicyclic) bond motifs is 1. The van der Waals surface area contributed by atoms with Crippen LogP contribution in [0.15, 0.2) is 36.4 Å². The van der Waals surface area contributed by atoms with E-state index in [-0.39, 0.29) is 18.4 Å². The van der Waals surface area contributed by atoms with Crippen molar-refractivity contribution in [1.82, 2.24) is 9.29 Å². The molecule has 1 amide bonds.